The molecule has 2 rings (SSSR count). The van der Waals surface area contributed by atoms with Crippen molar-refractivity contribution >= 4 is 5.91 Å². The minimum atomic E-state index is 0.192. The van der Waals surface area contributed by atoms with Crippen molar-refractivity contribution < 1.29 is 4.79 Å². The molecule has 1 amide bonds. The Hall–Kier alpha value is -0.870. The Labute approximate surface area is 116 Å². The number of likely N-dealkylation sites (tertiary alicyclic amines) is 1. The summed E-state index contributed by atoms with van der Waals surface area (Å²) in [6.45, 7) is 5.17. The Bertz CT molecular complexity index is 327. The summed E-state index contributed by atoms with van der Waals surface area (Å²) in [6.07, 6.45) is 7.50. The molecule has 4 heteroatoms. The zero-order chi connectivity index (χ0) is 13.5. The molecule has 0 spiro atoms. The number of nitrogens with zero attached hydrogens (tertiary/aromatic N) is 1. The van der Waals surface area contributed by atoms with Gasteiger partial charge in [0.05, 0.1) is 0 Å². The minimum absolute atomic E-state index is 0.192. The normalized spacial score (nSPS) is 24.9. The first kappa shape index (κ1) is 14.5. The van der Waals surface area contributed by atoms with Gasteiger partial charge >= 0.3 is 0 Å². The van der Waals surface area contributed by atoms with Crippen LogP contribution in [0.4, 0.5) is 0 Å². The van der Waals surface area contributed by atoms with Crippen LogP contribution in [0, 0.1) is 5.92 Å². The fourth-order valence-corrected chi connectivity index (χ4v) is 3.02. The van der Waals surface area contributed by atoms with E-state index in [2.05, 4.69) is 28.7 Å². The van der Waals surface area contributed by atoms with Gasteiger partial charge in [-0.3, -0.25) is 4.79 Å². The smallest absolute Gasteiger partial charge is 0.224 e. The van der Waals surface area contributed by atoms with Crippen molar-refractivity contribution in [2.24, 2.45) is 5.92 Å². The maximum atomic E-state index is 11.8. The van der Waals surface area contributed by atoms with Crippen LogP contribution < -0.4 is 10.6 Å². The maximum Gasteiger partial charge on any atom is 0.224 e. The lowest BCUT2D eigenvalue weighted by Crippen LogP contribution is -2.34. The van der Waals surface area contributed by atoms with E-state index in [-0.39, 0.29) is 5.91 Å². The van der Waals surface area contributed by atoms with Crippen LogP contribution in [-0.2, 0) is 4.79 Å². The highest BCUT2D eigenvalue weighted by Crippen LogP contribution is 2.17. The van der Waals surface area contributed by atoms with E-state index in [1.165, 1.54) is 31.5 Å². The van der Waals surface area contributed by atoms with Crippen molar-refractivity contribution in [3.63, 3.8) is 0 Å². The van der Waals surface area contributed by atoms with Gasteiger partial charge < -0.3 is 15.5 Å². The van der Waals surface area contributed by atoms with E-state index < -0.39 is 0 Å². The van der Waals surface area contributed by atoms with Gasteiger partial charge in [-0.15, -0.1) is 0 Å². The number of nitrogens with one attached hydrogen (secondary N) is 2. The van der Waals surface area contributed by atoms with Crippen molar-refractivity contribution in [3.05, 3.63) is 11.6 Å². The molecule has 1 saturated heterocycles. The average molecular weight is 265 g/mol. The van der Waals surface area contributed by atoms with E-state index in [0.717, 1.165) is 38.4 Å². The van der Waals surface area contributed by atoms with Crippen molar-refractivity contribution in [2.45, 2.75) is 32.1 Å². The highest BCUT2D eigenvalue weighted by Gasteiger charge is 2.17. The van der Waals surface area contributed by atoms with Gasteiger partial charge in [-0.25, -0.2) is 0 Å². The molecular formula is C15H27N3O. The molecule has 1 fully saturated rings. The van der Waals surface area contributed by atoms with Gasteiger partial charge in [0.1, 0.15) is 0 Å². The molecule has 0 aromatic heterocycles. The Morgan fingerprint density at radius 2 is 2.47 bits per heavy atom. The molecule has 0 aliphatic carbocycles. The molecule has 2 heterocycles. The van der Waals surface area contributed by atoms with E-state index in [1.54, 1.807) is 0 Å². The molecular weight excluding hydrogens is 238 g/mol. The topological polar surface area (TPSA) is 44.4 Å². The zero-order valence-electron chi connectivity index (χ0n) is 12.1. The summed E-state index contributed by atoms with van der Waals surface area (Å²) in [6, 6.07) is 0. The summed E-state index contributed by atoms with van der Waals surface area (Å²) in [5.74, 6) is 0.953. The van der Waals surface area contributed by atoms with Gasteiger partial charge in [0, 0.05) is 26.1 Å². The number of rotatable bonds is 5. The Morgan fingerprint density at radius 3 is 3.21 bits per heavy atom. The molecule has 19 heavy (non-hydrogen) atoms. The van der Waals surface area contributed by atoms with Crippen LogP contribution >= 0.6 is 0 Å². The lowest BCUT2D eigenvalue weighted by Gasteiger charge is -2.29. The molecule has 108 valence electrons. The largest absolute Gasteiger partial charge is 0.356 e. The number of carbonyl (C=O) groups is 1. The quantitative estimate of drug-likeness (QED) is 0.733. The second-order valence-corrected chi connectivity index (χ2v) is 5.90. The first-order valence-electron chi connectivity index (χ1n) is 7.58. The summed E-state index contributed by atoms with van der Waals surface area (Å²) >= 11 is 0. The number of carbonyl (C=O) groups excluding carboxylic acids is 1. The van der Waals surface area contributed by atoms with Crippen LogP contribution in [0.15, 0.2) is 11.6 Å². The molecule has 1 atom stereocenters. The number of piperidine rings is 1. The summed E-state index contributed by atoms with van der Waals surface area (Å²) in [5.41, 5.74) is 1.29. The third-order valence-electron chi connectivity index (χ3n) is 4.14. The van der Waals surface area contributed by atoms with E-state index in [9.17, 15) is 4.79 Å². The van der Waals surface area contributed by atoms with Crippen molar-refractivity contribution in [1.29, 1.82) is 0 Å². The van der Waals surface area contributed by atoms with Crippen LogP contribution in [-0.4, -0.2) is 50.6 Å². The predicted molar refractivity (Wildman–Crippen MR) is 78.0 cm³/mol. The van der Waals surface area contributed by atoms with Gasteiger partial charge in [0.2, 0.25) is 5.91 Å². The van der Waals surface area contributed by atoms with Crippen LogP contribution in [0.5, 0.6) is 0 Å². The minimum Gasteiger partial charge on any atom is -0.356 e. The summed E-state index contributed by atoms with van der Waals surface area (Å²) < 4.78 is 0. The number of hydrogen-bond acceptors (Lipinski definition) is 3. The van der Waals surface area contributed by atoms with Crippen molar-refractivity contribution in [3.8, 4) is 0 Å². The molecule has 0 bridgehead atoms. The average Bonchev–Trinajstić information content (AvgIpc) is 2.40. The SMILES string of the molecule is CN1CCC[C@H](CCNC(=O)CC2=CCNCC2)C1. The fourth-order valence-electron chi connectivity index (χ4n) is 3.02. The van der Waals surface area contributed by atoms with E-state index >= 15 is 0 Å². The highest BCUT2D eigenvalue weighted by molar-refractivity contribution is 5.78. The zero-order valence-corrected chi connectivity index (χ0v) is 12.1. The van der Waals surface area contributed by atoms with Crippen LogP contribution in [0.1, 0.15) is 32.1 Å². The second kappa shape index (κ2) is 7.65. The maximum absolute atomic E-state index is 11.8. The standard InChI is InChI=1S/C15H27N3O/c1-18-10-2-3-14(12-18)6-9-17-15(19)11-13-4-7-16-8-5-13/h4,14,16H,2-3,5-12H2,1H3,(H,17,19)/t14-/m1/s1. The van der Waals surface area contributed by atoms with E-state index in [0.29, 0.717) is 6.42 Å². The second-order valence-electron chi connectivity index (χ2n) is 5.90. The predicted octanol–water partition coefficient (Wildman–Crippen LogP) is 1.14. The summed E-state index contributed by atoms with van der Waals surface area (Å²) in [5, 5.41) is 6.34. The van der Waals surface area contributed by atoms with Gasteiger partial charge in [-0.05, 0) is 51.7 Å². The molecule has 0 unspecified atom stereocenters. The summed E-state index contributed by atoms with van der Waals surface area (Å²) in [7, 11) is 2.19. The Morgan fingerprint density at radius 1 is 1.58 bits per heavy atom. The Balaban J connectivity index is 1.59. The molecule has 2 aliphatic heterocycles. The van der Waals surface area contributed by atoms with Crippen LogP contribution in [0.25, 0.3) is 0 Å². The first-order chi connectivity index (χ1) is 9.24. The van der Waals surface area contributed by atoms with Crippen molar-refractivity contribution in [2.75, 3.05) is 39.8 Å². The van der Waals surface area contributed by atoms with Crippen LogP contribution in [0.2, 0.25) is 0 Å². The fraction of sp³-hybridized carbons (Fsp3) is 0.800. The number of amides is 1. The molecule has 0 aromatic carbocycles. The van der Waals surface area contributed by atoms with E-state index in [4.69, 9.17) is 0 Å². The summed E-state index contributed by atoms with van der Waals surface area (Å²) in [4.78, 5) is 14.2. The van der Waals surface area contributed by atoms with Gasteiger partial charge in [0.15, 0.2) is 0 Å². The van der Waals surface area contributed by atoms with Gasteiger partial charge in [-0.2, -0.15) is 0 Å². The molecule has 0 aromatic rings. The van der Waals surface area contributed by atoms with Crippen molar-refractivity contribution in [1.82, 2.24) is 15.5 Å². The lowest BCUT2D eigenvalue weighted by molar-refractivity contribution is -0.120. The third kappa shape index (κ3) is 5.33. The van der Waals surface area contributed by atoms with E-state index in [1.807, 2.05) is 0 Å². The van der Waals surface area contributed by atoms with Gasteiger partial charge in [-0.1, -0.05) is 11.6 Å². The molecule has 0 saturated carbocycles. The molecule has 0 radical (unpaired) electrons. The monoisotopic (exact) mass is 265 g/mol. The third-order valence-corrected chi connectivity index (χ3v) is 4.14. The molecule has 2 N–H and O–H groups in total. The van der Waals surface area contributed by atoms with Crippen LogP contribution in [0.3, 0.4) is 0 Å². The first-order valence-corrected chi connectivity index (χ1v) is 7.58. The molecule has 2 aliphatic rings. The Kier molecular flexibility index (Phi) is 5.86. The molecule has 4 nitrogen and oxygen atoms in total. The lowest BCUT2D eigenvalue weighted by atomic mass is 9.95. The van der Waals surface area contributed by atoms with Gasteiger partial charge in [0.25, 0.3) is 0 Å². The highest BCUT2D eigenvalue weighted by atomic mass is 16.1. The number of hydrogen-bond donors (Lipinski definition) is 2.